The van der Waals surface area contributed by atoms with Crippen LogP contribution in [0.3, 0.4) is 0 Å². The Balaban J connectivity index is 1.59. The molecule has 1 heterocycles. The first-order valence-electron chi connectivity index (χ1n) is 12.2. The summed E-state index contributed by atoms with van der Waals surface area (Å²) in [7, 11) is 1.35. The quantitative estimate of drug-likeness (QED) is 0.495. The van der Waals surface area contributed by atoms with Crippen molar-refractivity contribution in [3.8, 4) is 17.2 Å². The first-order chi connectivity index (χ1) is 18.0. The third-order valence-corrected chi connectivity index (χ3v) is 7.61. The second-order valence-corrected chi connectivity index (χ2v) is 9.94. The van der Waals surface area contributed by atoms with Crippen LogP contribution in [0.25, 0.3) is 10.8 Å². The van der Waals surface area contributed by atoms with Crippen LogP contribution in [0.5, 0.6) is 17.2 Å². The number of hydrogen-bond acceptors (Lipinski definition) is 7. The number of rotatable bonds is 5. The molecule has 1 amide bonds. The molecule has 2 atom stereocenters. The molecule has 0 radical (unpaired) electrons. The van der Waals surface area contributed by atoms with Gasteiger partial charge in [0, 0.05) is 18.7 Å². The average molecular weight is 514 g/mol. The molecular formula is C30H27NO7. The maximum absolute atomic E-state index is 13.6. The topological polar surface area (TPSA) is 119 Å². The highest BCUT2D eigenvalue weighted by Gasteiger charge is 2.58. The molecule has 2 N–H and O–H groups in total. The van der Waals surface area contributed by atoms with Gasteiger partial charge in [-0.3, -0.25) is 19.2 Å². The Kier molecular flexibility index (Phi) is 5.86. The van der Waals surface area contributed by atoms with Crippen LogP contribution < -0.4 is 14.8 Å². The lowest BCUT2D eigenvalue weighted by atomic mass is 9.67. The van der Waals surface area contributed by atoms with Gasteiger partial charge in [0.05, 0.1) is 12.7 Å². The lowest BCUT2D eigenvalue weighted by Crippen LogP contribution is -2.47. The molecule has 38 heavy (non-hydrogen) atoms. The van der Waals surface area contributed by atoms with Gasteiger partial charge in [-0.05, 0) is 55.2 Å². The maximum atomic E-state index is 13.6. The van der Waals surface area contributed by atoms with Crippen molar-refractivity contribution in [1.82, 2.24) is 5.32 Å². The number of ketones is 3. The molecule has 1 aliphatic carbocycles. The van der Waals surface area contributed by atoms with Crippen molar-refractivity contribution in [3.63, 3.8) is 0 Å². The normalized spacial score (nSPS) is 19.9. The monoisotopic (exact) mass is 513 g/mol. The van der Waals surface area contributed by atoms with Crippen molar-refractivity contribution >= 4 is 34.0 Å². The molecule has 194 valence electrons. The van der Waals surface area contributed by atoms with E-state index in [1.54, 1.807) is 0 Å². The maximum Gasteiger partial charge on any atom is 0.259 e. The number of phenolic OH excluding ortho intramolecular Hbond substituents is 1. The summed E-state index contributed by atoms with van der Waals surface area (Å²) in [5, 5.41) is 15.9. The number of phenols is 1. The number of amides is 1. The van der Waals surface area contributed by atoms with E-state index < -0.39 is 34.6 Å². The summed E-state index contributed by atoms with van der Waals surface area (Å²) < 4.78 is 11.3. The summed E-state index contributed by atoms with van der Waals surface area (Å²) in [6, 6.07) is 11.3. The molecule has 0 spiro atoms. The lowest BCUT2D eigenvalue weighted by molar-refractivity contribution is -0.140. The van der Waals surface area contributed by atoms with Gasteiger partial charge in [-0.25, -0.2) is 0 Å². The predicted molar refractivity (Wildman–Crippen MR) is 139 cm³/mol. The molecule has 3 aromatic carbocycles. The van der Waals surface area contributed by atoms with Gasteiger partial charge < -0.3 is 19.9 Å². The molecule has 8 nitrogen and oxygen atoms in total. The minimum Gasteiger partial charge on any atom is -0.507 e. The Morgan fingerprint density at radius 2 is 1.79 bits per heavy atom. The van der Waals surface area contributed by atoms with Gasteiger partial charge in [0.2, 0.25) is 0 Å². The summed E-state index contributed by atoms with van der Waals surface area (Å²) in [4.78, 5) is 51.8. The summed E-state index contributed by atoms with van der Waals surface area (Å²) in [5.74, 6) is -4.49. The van der Waals surface area contributed by atoms with Crippen molar-refractivity contribution in [2.75, 3.05) is 7.11 Å². The first-order valence-corrected chi connectivity index (χ1v) is 12.2. The van der Waals surface area contributed by atoms with Crippen LogP contribution in [-0.4, -0.2) is 35.5 Å². The van der Waals surface area contributed by atoms with Gasteiger partial charge in [-0.1, -0.05) is 30.3 Å². The van der Waals surface area contributed by atoms with Gasteiger partial charge in [0.25, 0.3) is 5.91 Å². The van der Waals surface area contributed by atoms with Crippen LogP contribution >= 0.6 is 0 Å². The second kappa shape index (κ2) is 8.83. The smallest absolute Gasteiger partial charge is 0.259 e. The number of nitrogens with one attached hydrogen (secondary N) is 1. The fourth-order valence-electron chi connectivity index (χ4n) is 5.64. The van der Waals surface area contributed by atoms with Crippen LogP contribution in [0.4, 0.5) is 0 Å². The highest BCUT2D eigenvalue weighted by molar-refractivity contribution is 6.27. The van der Waals surface area contributed by atoms with Gasteiger partial charge in [0.1, 0.15) is 39.9 Å². The fraction of sp³-hybridized carbons (Fsp3) is 0.267. The number of carbonyl (C=O) groups is 4. The van der Waals surface area contributed by atoms with E-state index in [1.807, 2.05) is 38.1 Å². The molecule has 0 saturated heterocycles. The number of hydrogen-bond donors (Lipinski definition) is 2. The average Bonchev–Trinajstić information content (AvgIpc) is 3.17. The molecule has 0 fully saturated rings. The van der Waals surface area contributed by atoms with Gasteiger partial charge in [-0.2, -0.15) is 0 Å². The zero-order chi connectivity index (χ0) is 27.5. The largest absolute Gasteiger partial charge is 0.507 e. The minimum atomic E-state index is -1.62. The van der Waals surface area contributed by atoms with E-state index in [0.717, 1.165) is 33.5 Å². The number of allylic oxidation sites excluding steroid dienone is 2. The van der Waals surface area contributed by atoms with E-state index >= 15 is 0 Å². The number of aromatic hydroxyl groups is 1. The number of Topliss-reactive ketones (excluding diaryl/α,β-unsaturated/α-hetero) is 2. The highest BCUT2D eigenvalue weighted by atomic mass is 16.5. The van der Waals surface area contributed by atoms with E-state index in [2.05, 4.69) is 11.4 Å². The van der Waals surface area contributed by atoms with Crippen LogP contribution in [-0.2, 0) is 26.3 Å². The Morgan fingerprint density at radius 3 is 2.45 bits per heavy atom. The molecule has 0 bridgehead atoms. The molecule has 0 aromatic heterocycles. The first kappa shape index (κ1) is 25.2. The van der Waals surface area contributed by atoms with Gasteiger partial charge in [0.15, 0.2) is 17.3 Å². The molecule has 1 aliphatic heterocycles. The van der Waals surface area contributed by atoms with E-state index in [4.69, 9.17) is 9.47 Å². The van der Waals surface area contributed by atoms with Crippen LogP contribution in [0, 0.1) is 19.8 Å². The molecule has 5 rings (SSSR count). The molecule has 1 unspecified atom stereocenters. The summed E-state index contributed by atoms with van der Waals surface area (Å²) >= 11 is 0. The van der Waals surface area contributed by atoms with Gasteiger partial charge in [-0.15, -0.1) is 0 Å². The molecule has 3 aromatic rings. The second-order valence-electron chi connectivity index (χ2n) is 9.94. The zero-order valence-corrected chi connectivity index (χ0v) is 21.7. The highest BCUT2D eigenvalue weighted by Crippen LogP contribution is 2.56. The summed E-state index contributed by atoms with van der Waals surface area (Å²) in [6.07, 6.45) is 1.10. The fourth-order valence-corrected chi connectivity index (χ4v) is 5.64. The van der Waals surface area contributed by atoms with E-state index in [-0.39, 0.29) is 40.7 Å². The Morgan fingerprint density at radius 1 is 1.11 bits per heavy atom. The van der Waals surface area contributed by atoms with E-state index in [9.17, 15) is 24.3 Å². The van der Waals surface area contributed by atoms with E-state index in [0.29, 0.717) is 0 Å². The van der Waals surface area contributed by atoms with Crippen LogP contribution in [0.2, 0.25) is 0 Å². The van der Waals surface area contributed by atoms with Crippen LogP contribution in [0.1, 0.15) is 46.5 Å². The number of benzene rings is 3. The summed E-state index contributed by atoms with van der Waals surface area (Å²) in [5.41, 5.74) is 1.48. The number of methoxy groups -OCH3 is 1. The Bertz CT molecular complexity index is 1620. The minimum absolute atomic E-state index is 0.0227. The Labute approximate surface area is 219 Å². The third-order valence-electron chi connectivity index (χ3n) is 7.61. The van der Waals surface area contributed by atoms with Crippen molar-refractivity contribution in [2.45, 2.75) is 39.7 Å². The van der Waals surface area contributed by atoms with Crippen molar-refractivity contribution in [2.24, 2.45) is 5.92 Å². The molecule has 8 heteroatoms. The number of ether oxygens (including phenoxy) is 2. The van der Waals surface area contributed by atoms with Gasteiger partial charge >= 0.3 is 0 Å². The Hall–Kier alpha value is -4.46. The predicted octanol–water partition coefficient (Wildman–Crippen LogP) is 3.99. The summed E-state index contributed by atoms with van der Waals surface area (Å²) in [6.45, 7) is 6.87. The SMILES string of the molecule is COc1cc(O)c2c(c1C(=O)NCc1c(C)cc(C)c3ccccc13)OC1=CC(=O)C(C(C)=O)C(=O)[C@]12C. The molecule has 2 aliphatic rings. The third kappa shape index (κ3) is 3.51. The number of fused-ring (bicyclic) bond motifs is 4. The lowest BCUT2D eigenvalue weighted by Gasteiger charge is -2.30. The number of carbonyl (C=O) groups excluding carboxylic acids is 4. The molecule has 0 saturated carbocycles. The van der Waals surface area contributed by atoms with Crippen molar-refractivity contribution in [3.05, 3.63) is 76.1 Å². The molecular weight excluding hydrogens is 486 g/mol. The van der Waals surface area contributed by atoms with Crippen LogP contribution in [0.15, 0.2) is 48.2 Å². The standard InChI is InChI=1S/C30H27NO7/c1-14-10-15(2)19(18-9-7-6-8-17(14)18)13-31-29(36)25-22(37-5)11-21(34)26-27(25)38-23-12-20(33)24(16(3)32)28(35)30(23,26)4/h6-12,24,34H,13H2,1-5H3,(H,31,36)/t24?,30-/m1/s1. The zero-order valence-electron chi connectivity index (χ0n) is 21.7. The number of aryl methyl sites for hydroxylation is 2. The van der Waals surface area contributed by atoms with E-state index in [1.165, 1.54) is 27.0 Å². The van der Waals surface area contributed by atoms with Crippen molar-refractivity contribution < 1.29 is 33.8 Å². The van der Waals surface area contributed by atoms with Crippen molar-refractivity contribution in [1.29, 1.82) is 0 Å².